The van der Waals surface area contributed by atoms with Gasteiger partial charge in [-0.15, -0.1) is 0 Å². The van der Waals surface area contributed by atoms with Crippen LogP contribution in [-0.2, 0) is 6.42 Å². The van der Waals surface area contributed by atoms with Crippen LogP contribution in [0.1, 0.15) is 23.6 Å². The van der Waals surface area contributed by atoms with E-state index in [-0.39, 0.29) is 0 Å². The van der Waals surface area contributed by atoms with E-state index >= 15 is 0 Å². The first-order chi connectivity index (χ1) is 14.2. The average Bonchev–Trinajstić information content (AvgIpc) is 3.14. The molecule has 4 rings (SSSR count). The summed E-state index contributed by atoms with van der Waals surface area (Å²) in [5.41, 5.74) is 6.37. The predicted octanol–water partition coefficient (Wildman–Crippen LogP) is 6.89. The van der Waals surface area contributed by atoms with Crippen molar-refractivity contribution in [2.45, 2.75) is 13.3 Å². The van der Waals surface area contributed by atoms with Gasteiger partial charge in [-0.3, -0.25) is 0 Å². The SMILES string of the molecule is C=Cc1cc(OC)c(OC)cc1/C(=C\C)Cc1ccc2oc3ccccc3c2c1. The molecule has 3 nitrogen and oxygen atoms in total. The highest BCUT2D eigenvalue weighted by molar-refractivity contribution is 6.05. The molecule has 0 N–H and O–H groups in total. The monoisotopic (exact) mass is 384 g/mol. The molecule has 4 aromatic rings. The molecular formula is C26H24O3. The number of benzene rings is 3. The van der Waals surface area contributed by atoms with Crippen LogP contribution < -0.4 is 9.47 Å². The number of hydrogen-bond donors (Lipinski definition) is 0. The summed E-state index contributed by atoms with van der Waals surface area (Å²) in [6.45, 7) is 6.04. The molecule has 0 spiro atoms. The molecule has 0 unspecified atom stereocenters. The molecule has 0 atom stereocenters. The molecule has 146 valence electrons. The minimum absolute atomic E-state index is 0.702. The number of fused-ring (bicyclic) bond motifs is 3. The van der Waals surface area contributed by atoms with Gasteiger partial charge in [0.15, 0.2) is 11.5 Å². The molecule has 0 radical (unpaired) electrons. The first-order valence-corrected chi connectivity index (χ1v) is 9.62. The van der Waals surface area contributed by atoms with Gasteiger partial charge < -0.3 is 13.9 Å². The van der Waals surface area contributed by atoms with Crippen LogP contribution in [0.2, 0.25) is 0 Å². The van der Waals surface area contributed by atoms with E-state index in [0.717, 1.165) is 39.5 Å². The second-order valence-corrected chi connectivity index (χ2v) is 6.92. The van der Waals surface area contributed by atoms with E-state index in [4.69, 9.17) is 13.9 Å². The minimum Gasteiger partial charge on any atom is -0.493 e. The van der Waals surface area contributed by atoms with E-state index < -0.39 is 0 Å². The van der Waals surface area contributed by atoms with E-state index in [0.29, 0.717) is 11.5 Å². The lowest BCUT2D eigenvalue weighted by atomic mass is 9.93. The Morgan fingerprint density at radius 2 is 1.66 bits per heavy atom. The zero-order valence-corrected chi connectivity index (χ0v) is 17.0. The topological polar surface area (TPSA) is 31.6 Å². The summed E-state index contributed by atoms with van der Waals surface area (Å²) in [5.74, 6) is 1.41. The van der Waals surface area contributed by atoms with Crippen LogP contribution in [0, 0.1) is 0 Å². The molecule has 0 aliphatic heterocycles. The Labute approximate surface area is 170 Å². The van der Waals surface area contributed by atoms with Crippen molar-refractivity contribution >= 4 is 33.6 Å². The Bertz CT molecular complexity index is 1230. The predicted molar refractivity (Wildman–Crippen MR) is 121 cm³/mol. The van der Waals surface area contributed by atoms with Gasteiger partial charge in [0, 0.05) is 10.8 Å². The third-order valence-corrected chi connectivity index (χ3v) is 5.31. The largest absolute Gasteiger partial charge is 0.493 e. The fraction of sp³-hybridized carbons (Fsp3) is 0.154. The first kappa shape index (κ1) is 18.9. The molecule has 0 saturated heterocycles. The zero-order chi connectivity index (χ0) is 20.4. The zero-order valence-electron chi connectivity index (χ0n) is 17.0. The lowest BCUT2D eigenvalue weighted by Gasteiger charge is -2.16. The van der Waals surface area contributed by atoms with E-state index in [9.17, 15) is 0 Å². The standard InChI is InChI=1S/C26H24O3/c1-5-18(21-16-26(28-4)25(27-3)15-19(21)6-2)13-17-11-12-24-22(14-17)20-9-7-8-10-23(20)29-24/h5-12,14-16H,2,13H2,1,3-4H3/b18-5-. The van der Waals surface area contributed by atoms with Gasteiger partial charge in [0.2, 0.25) is 0 Å². The quantitative estimate of drug-likeness (QED) is 0.363. The van der Waals surface area contributed by atoms with E-state index in [2.05, 4.69) is 43.8 Å². The maximum Gasteiger partial charge on any atom is 0.161 e. The summed E-state index contributed by atoms with van der Waals surface area (Å²) in [5, 5.41) is 2.29. The molecule has 0 bridgehead atoms. The maximum absolute atomic E-state index is 5.96. The molecule has 0 aliphatic carbocycles. The van der Waals surface area contributed by atoms with Crippen LogP contribution in [0.4, 0.5) is 0 Å². The van der Waals surface area contributed by atoms with Crippen LogP contribution in [0.15, 0.2) is 71.7 Å². The second kappa shape index (κ2) is 7.88. The van der Waals surface area contributed by atoms with Crippen LogP contribution in [0.25, 0.3) is 33.6 Å². The number of furan rings is 1. The molecule has 29 heavy (non-hydrogen) atoms. The van der Waals surface area contributed by atoms with Gasteiger partial charge in [0.1, 0.15) is 11.2 Å². The number of allylic oxidation sites excluding steroid dienone is 2. The van der Waals surface area contributed by atoms with Gasteiger partial charge in [0.25, 0.3) is 0 Å². The second-order valence-electron chi connectivity index (χ2n) is 6.92. The summed E-state index contributed by atoms with van der Waals surface area (Å²) in [7, 11) is 3.30. The average molecular weight is 384 g/mol. The number of para-hydroxylation sites is 1. The van der Waals surface area contributed by atoms with Crippen molar-refractivity contribution in [1.82, 2.24) is 0 Å². The minimum atomic E-state index is 0.702. The van der Waals surface area contributed by atoms with Crippen molar-refractivity contribution in [2.75, 3.05) is 14.2 Å². The highest BCUT2D eigenvalue weighted by atomic mass is 16.5. The highest BCUT2D eigenvalue weighted by Crippen LogP contribution is 2.36. The van der Waals surface area contributed by atoms with Crippen molar-refractivity contribution in [3.05, 3.63) is 83.9 Å². The summed E-state index contributed by atoms with van der Waals surface area (Å²) < 4.78 is 16.9. The molecule has 1 heterocycles. The molecular weight excluding hydrogens is 360 g/mol. The van der Waals surface area contributed by atoms with Crippen molar-refractivity contribution < 1.29 is 13.9 Å². The van der Waals surface area contributed by atoms with Gasteiger partial charge in [-0.2, -0.15) is 0 Å². The fourth-order valence-corrected chi connectivity index (χ4v) is 3.80. The van der Waals surface area contributed by atoms with Gasteiger partial charge in [-0.05, 0) is 65.9 Å². The Morgan fingerprint density at radius 1 is 0.931 bits per heavy atom. The maximum atomic E-state index is 5.96. The molecule has 0 saturated carbocycles. The first-order valence-electron chi connectivity index (χ1n) is 9.62. The number of hydrogen-bond acceptors (Lipinski definition) is 3. The fourth-order valence-electron chi connectivity index (χ4n) is 3.80. The van der Waals surface area contributed by atoms with Crippen LogP contribution in [-0.4, -0.2) is 14.2 Å². The molecule has 0 fully saturated rings. The molecule has 0 amide bonds. The summed E-state index contributed by atoms with van der Waals surface area (Å²) >= 11 is 0. The summed E-state index contributed by atoms with van der Waals surface area (Å²) in [6.07, 6.45) is 4.79. The van der Waals surface area contributed by atoms with E-state index in [1.807, 2.05) is 36.4 Å². The summed E-state index contributed by atoms with van der Waals surface area (Å²) in [6, 6.07) is 18.5. The molecule has 0 aliphatic rings. The Balaban J connectivity index is 1.76. The lowest BCUT2D eigenvalue weighted by molar-refractivity contribution is 0.355. The highest BCUT2D eigenvalue weighted by Gasteiger charge is 2.14. The van der Waals surface area contributed by atoms with Gasteiger partial charge in [0.05, 0.1) is 14.2 Å². The van der Waals surface area contributed by atoms with E-state index in [1.54, 1.807) is 14.2 Å². The third-order valence-electron chi connectivity index (χ3n) is 5.31. The van der Waals surface area contributed by atoms with Gasteiger partial charge in [-0.1, -0.05) is 43.0 Å². The number of methoxy groups -OCH3 is 2. The van der Waals surface area contributed by atoms with Crippen LogP contribution in [0.5, 0.6) is 11.5 Å². The smallest absolute Gasteiger partial charge is 0.161 e. The van der Waals surface area contributed by atoms with Crippen molar-refractivity contribution in [2.24, 2.45) is 0 Å². The lowest BCUT2D eigenvalue weighted by Crippen LogP contribution is -1.98. The Morgan fingerprint density at radius 3 is 2.38 bits per heavy atom. The molecule has 1 aromatic heterocycles. The third kappa shape index (κ3) is 3.40. The normalized spacial score (nSPS) is 11.8. The van der Waals surface area contributed by atoms with Gasteiger partial charge in [-0.25, -0.2) is 0 Å². The summed E-state index contributed by atoms with van der Waals surface area (Å²) in [4.78, 5) is 0. The van der Waals surface area contributed by atoms with Crippen molar-refractivity contribution in [3.63, 3.8) is 0 Å². The van der Waals surface area contributed by atoms with Crippen LogP contribution >= 0.6 is 0 Å². The molecule has 3 aromatic carbocycles. The van der Waals surface area contributed by atoms with Crippen molar-refractivity contribution in [1.29, 1.82) is 0 Å². The number of ether oxygens (including phenoxy) is 2. The van der Waals surface area contributed by atoms with Crippen LogP contribution in [0.3, 0.4) is 0 Å². The van der Waals surface area contributed by atoms with Crippen molar-refractivity contribution in [3.8, 4) is 11.5 Å². The van der Waals surface area contributed by atoms with Gasteiger partial charge >= 0.3 is 0 Å². The molecule has 3 heteroatoms. The Hall–Kier alpha value is -3.46. The number of rotatable bonds is 6. The Kier molecular flexibility index (Phi) is 5.13. The van der Waals surface area contributed by atoms with E-state index in [1.165, 1.54) is 11.1 Å².